The van der Waals surface area contributed by atoms with Crippen LogP contribution in [0, 0.1) is 0 Å². The van der Waals surface area contributed by atoms with Crippen molar-refractivity contribution in [2.75, 3.05) is 18.0 Å². The molecule has 3 aliphatic heterocycles. The number of piperidine rings is 1. The first-order valence-corrected chi connectivity index (χ1v) is 11.1. The minimum absolute atomic E-state index is 0.171. The summed E-state index contributed by atoms with van der Waals surface area (Å²) < 4.78 is 0. The van der Waals surface area contributed by atoms with Crippen LogP contribution in [0.4, 0.5) is 5.82 Å². The van der Waals surface area contributed by atoms with E-state index in [4.69, 9.17) is 11.6 Å². The van der Waals surface area contributed by atoms with Crippen LogP contribution in [0.3, 0.4) is 0 Å². The number of carbonyl (C=O) groups excluding carboxylic acids is 3. The molecule has 9 nitrogen and oxygen atoms in total. The summed E-state index contributed by atoms with van der Waals surface area (Å²) in [6, 6.07) is 7.14. The van der Waals surface area contributed by atoms with Gasteiger partial charge in [0.15, 0.2) is 0 Å². The molecule has 2 saturated heterocycles. The number of carbonyl (C=O) groups is 3. The molecule has 0 spiro atoms. The summed E-state index contributed by atoms with van der Waals surface area (Å²) in [4.78, 5) is 49.2. The van der Waals surface area contributed by atoms with Crippen molar-refractivity contribution in [2.45, 2.75) is 44.4 Å². The number of nitrogens with one attached hydrogen (secondary N) is 2. The smallest absolute Gasteiger partial charge is 0.255 e. The third kappa shape index (κ3) is 3.82. The van der Waals surface area contributed by atoms with Gasteiger partial charge in [-0.1, -0.05) is 12.1 Å². The van der Waals surface area contributed by atoms with Crippen molar-refractivity contribution in [3.8, 4) is 0 Å². The number of imide groups is 1. The van der Waals surface area contributed by atoms with Gasteiger partial charge in [0.2, 0.25) is 17.1 Å². The fourth-order valence-electron chi connectivity index (χ4n) is 4.77. The highest BCUT2D eigenvalue weighted by molar-refractivity contribution is 6.28. The third-order valence-corrected chi connectivity index (χ3v) is 6.58. The molecule has 32 heavy (non-hydrogen) atoms. The molecule has 2 unspecified atom stereocenters. The van der Waals surface area contributed by atoms with Crippen molar-refractivity contribution in [3.05, 3.63) is 52.4 Å². The van der Waals surface area contributed by atoms with Gasteiger partial charge in [0.05, 0.1) is 0 Å². The quantitative estimate of drug-likeness (QED) is 0.517. The number of hydrogen-bond donors (Lipinski definition) is 2. The molecule has 1 aromatic carbocycles. The average Bonchev–Trinajstić information content (AvgIpc) is 3.41. The number of hydrogen-bond acceptors (Lipinski definition) is 7. The Kier molecular flexibility index (Phi) is 5.52. The first-order chi connectivity index (χ1) is 15.5. The predicted octanol–water partition coefficient (Wildman–Crippen LogP) is 1.26. The number of aromatic nitrogens is 2. The summed E-state index contributed by atoms with van der Waals surface area (Å²) in [6.45, 7) is 2.66. The van der Waals surface area contributed by atoms with E-state index in [1.54, 1.807) is 17.2 Å². The average molecular weight is 455 g/mol. The Labute approximate surface area is 190 Å². The molecule has 2 N–H and O–H groups in total. The van der Waals surface area contributed by atoms with Crippen molar-refractivity contribution in [1.82, 2.24) is 25.5 Å². The molecule has 2 atom stereocenters. The second-order valence-corrected chi connectivity index (χ2v) is 8.64. The standard InChI is InChI=1S/C22H23ClN6O3/c23-22-25-9-7-18(26-22)28(14-6-8-24-10-14)11-13-2-1-3-15-16(13)12-29(21(15)32)17-4-5-19(30)27-20(17)31/h1-3,7,9,14,17,24H,4-6,8,10-12H2,(H,27,30,31). The second-order valence-electron chi connectivity index (χ2n) is 8.30. The molecule has 2 aromatic rings. The molecule has 3 amide bonds. The third-order valence-electron chi connectivity index (χ3n) is 6.40. The van der Waals surface area contributed by atoms with Gasteiger partial charge < -0.3 is 15.1 Å². The molecule has 1 aromatic heterocycles. The SMILES string of the molecule is O=C1CCC(N2Cc3c(CN(c4ccnc(Cl)n4)C4CCNC4)cccc3C2=O)C(=O)N1. The van der Waals surface area contributed by atoms with Crippen molar-refractivity contribution < 1.29 is 14.4 Å². The Hall–Kier alpha value is -3.04. The van der Waals surface area contributed by atoms with Crippen molar-refractivity contribution >= 4 is 35.1 Å². The Bertz CT molecular complexity index is 1090. The van der Waals surface area contributed by atoms with Crippen LogP contribution in [0.25, 0.3) is 0 Å². The number of rotatable bonds is 5. The van der Waals surface area contributed by atoms with Gasteiger partial charge in [-0.25, -0.2) is 9.97 Å². The molecular formula is C22H23ClN6O3. The molecule has 0 radical (unpaired) electrons. The Morgan fingerprint density at radius 2 is 2.06 bits per heavy atom. The lowest BCUT2D eigenvalue weighted by atomic mass is 10.0. The second kappa shape index (κ2) is 8.48. The van der Waals surface area contributed by atoms with E-state index in [0.29, 0.717) is 25.1 Å². The molecule has 10 heteroatoms. The van der Waals surface area contributed by atoms with Gasteiger partial charge in [-0.05, 0) is 54.2 Å². The first kappa shape index (κ1) is 20.8. The van der Waals surface area contributed by atoms with E-state index >= 15 is 0 Å². The predicted molar refractivity (Wildman–Crippen MR) is 117 cm³/mol. The van der Waals surface area contributed by atoms with Crippen LogP contribution >= 0.6 is 11.6 Å². The minimum atomic E-state index is -0.628. The van der Waals surface area contributed by atoms with Crippen molar-refractivity contribution in [3.63, 3.8) is 0 Å². The van der Waals surface area contributed by atoms with Crippen LogP contribution in [0.2, 0.25) is 5.28 Å². The van der Waals surface area contributed by atoms with E-state index in [0.717, 1.165) is 36.5 Å². The summed E-state index contributed by atoms with van der Waals surface area (Å²) in [7, 11) is 0. The highest BCUT2D eigenvalue weighted by Crippen LogP contribution is 2.32. The van der Waals surface area contributed by atoms with Gasteiger partial charge in [0, 0.05) is 43.9 Å². The van der Waals surface area contributed by atoms with E-state index in [9.17, 15) is 14.4 Å². The lowest BCUT2D eigenvalue weighted by Crippen LogP contribution is -2.52. The molecule has 0 bridgehead atoms. The zero-order chi connectivity index (χ0) is 22.2. The Balaban J connectivity index is 1.44. The fourth-order valence-corrected chi connectivity index (χ4v) is 4.91. The maximum atomic E-state index is 13.1. The number of benzene rings is 1. The van der Waals surface area contributed by atoms with Gasteiger partial charge in [-0.3, -0.25) is 19.7 Å². The summed E-state index contributed by atoms with van der Waals surface area (Å²) in [5, 5.41) is 5.93. The van der Waals surface area contributed by atoms with E-state index in [1.807, 2.05) is 18.2 Å². The highest BCUT2D eigenvalue weighted by Gasteiger charge is 2.40. The van der Waals surface area contributed by atoms with Crippen LogP contribution in [-0.2, 0) is 22.7 Å². The van der Waals surface area contributed by atoms with Gasteiger partial charge >= 0.3 is 0 Å². The largest absolute Gasteiger partial charge is 0.348 e. The number of halogens is 1. The van der Waals surface area contributed by atoms with Crippen LogP contribution in [0.5, 0.6) is 0 Å². The molecule has 3 aliphatic rings. The Morgan fingerprint density at radius 3 is 2.81 bits per heavy atom. The first-order valence-electron chi connectivity index (χ1n) is 10.7. The summed E-state index contributed by atoms with van der Waals surface area (Å²) >= 11 is 6.06. The summed E-state index contributed by atoms with van der Waals surface area (Å²) in [6.07, 6.45) is 3.20. The normalized spacial score (nSPS) is 22.8. The van der Waals surface area contributed by atoms with Gasteiger partial charge in [-0.15, -0.1) is 0 Å². The molecular weight excluding hydrogens is 432 g/mol. The maximum absolute atomic E-state index is 13.1. The van der Waals surface area contributed by atoms with E-state index in [-0.39, 0.29) is 29.6 Å². The monoisotopic (exact) mass is 454 g/mol. The fraction of sp³-hybridized carbons (Fsp3) is 0.409. The molecule has 5 rings (SSSR count). The van der Waals surface area contributed by atoms with E-state index < -0.39 is 11.9 Å². The molecule has 4 heterocycles. The number of nitrogens with zero attached hydrogens (tertiary/aromatic N) is 4. The van der Waals surface area contributed by atoms with Crippen molar-refractivity contribution in [2.24, 2.45) is 0 Å². The topological polar surface area (TPSA) is 108 Å². The lowest BCUT2D eigenvalue weighted by Gasteiger charge is -2.31. The minimum Gasteiger partial charge on any atom is -0.348 e. The molecule has 0 saturated carbocycles. The van der Waals surface area contributed by atoms with Crippen LogP contribution in [0.1, 0.15) is 40.7 Å². The highest BCUT2D eigenvalue weighted by atomic mass is 35.5. The zero-order valence-corrected chi connectivity index (χ0v) is 18.1. The maximum Gasteiger partial charge on any atom is 0.255 e. The van der Waals surface area contributed by atoms with Gasteiger partial charge in [0.25, 0.3) is 5.91 Å². The summed E-state index contributed by atoms with van der Waals surface area (Å²) in [5.41, 5.74) is 2.53. The molecule has 2 fully saturated rings. The van der Waals surface area contributed by atoms with E-state index in [1.165, 1.54) is 0 Å². The number of fused-ring (bicyclic) bond motifs is 1. The van der Waals surface area contributed by atoms with E-state index in [2.05, 4.69) is 25.5 Å². The van der Waals surface area contributed by atoms with Gasteiger partial charge in [-0.2, -0.15) is 0 Å². The number of amides is 3. The summed E-state index contributed by atoms with van der Waals surface area (Å²) in [5.74, 6) is -0.128. The Morgan fingerprint density at radius 1 is 1.19 bits per heavy atom. The molecule has 166 valence electrons. The lowest BCUT2D eigenvalue weighted by molar-refractivity contribution is -0.136. The molecule has 0 aliphatic carbocycles. The van der Waals surface area contributed by atoms with Crippen LogP contribution in [-0.4, -0.2) is 57.8 Å². The van der Waals surface area contributed by atoms with Crippen LogP contribution in [0.15, 0.2) is 30.5 Å². The van der Waals surface area contributed by atoms with Crippen LogP contribution < -0.4 is 15.5 Å². The van der Waals surface area contributed by atoms with Gasteiger partial charge in [0.1, 0.15) is 11.9 Å². The zero-order valence-electron chi connectivity index (χ0n) is 17.4. The number of anilines is 1. The van der Waals surface area contributed by atoms with Crippen molar-refractivity contribution in [1.29, 1.82) is 0 Å².